The van der Waals surface area contributed by atoms with Crippen molar-refractivity contribution in [2.45, 2.75) is 19.9 Å². The van der Waals surface area contributed by atoms with Gasteiger partial charge in [-0.15, -0.1) is 0 Å². The number of rotatable bonds is 3. The minimum Gasteiger partial charge on any atom is -0.356 e. The largest absolute Gasteiger partial charge is 0.356 e. The fourth-order valence-corrected chi connectivity index (χ4v) is 3.31. The van der Waals surface area contributed by atoms with Crippen LogP contribution in [0.4, 0.5) is 5.82 Å². The minimum absolute atomic E-state index is 0.901. The van der Waals surface area contributed by atoms with Gasteiger partial charge in [0.2, 0.25) is 0 Å². The van der Waals surface area contributed by atoms with Crippen molar-refractivity contribution in [2.75, 3.05) is 36.5 Å². The molecular formula is C12H22N4S. The van der Waals surface area contributed by atoms with E-state index in [9.17, 15) is 0 Å². The Hall–Kier alpha value is -0.680. The molecule has 96 valence electrons. The molecule has 0 bridgehead atoms. The second-order valence-corrected chi connectivity index (χ2v) is 5.72. The predicted octanol–water partition coefficient (Wildman–Crippen LogP) is 1.39. The smallest absolute Gasteiger partial charge is 0.131 e. The van der Waals surface area contributed by atoms with E-state index in [2.05, 4.69) is 41.0 Å². The first-order chi connectivity index (χ1) is 8.24. The molecule has 5 heteroatoms. The molecule has 0 amide bonds. The molecule has 2 rings (SSSR count). The van der Waals surface area contributed by atoms with Gasteiger partial charge in [0.25, 0.3) is 0 Å². The molecule has 1 fully saturated rings. The molecule has 0 unspecified atom stereocenters. The number of aryl methyl sites for hydroxylation is 2. The maximum Gasteiger partial charge on any atom is 0.131 e. The number of hydrogen-bond acceptors (Lipinski definition) is 4. The Labute approximate surface area is 108 Å². The van der Waals surface area contributed by atoms with Crippen LogP contribution in [-0.4, -0.2) is 41.4 Å². The lowest BCUT2D eigenvalue weighted by molar-refractivity contribution is 0.701. The van der Waals surface area contributed by atoms with Crippen molar-refractivity contribution in [3.63, 3.8) is 0 Å². The highest BCUT2D eigenvalue weighted by Gasteiger charge is 2.19. The number of anilines is 1. The van der Waals surface area contributed by atoms with Crippen LogP contribution in [0.1, 0.15) is 17.7 Å². The summed E-state index contributed by atoms with van der Waals surface area (Å²) in [4.78, 5) is 2.49. The predicted molar refractivity (Wildman–Crippen MR) is 74.9 cm³/mol. The number of hydrogen-bond donors (Lipinski definition) is 1. The summed E-state index contributed by atoms with van der Waals surface area (Å²) in [6.07, 6.45) is 1.27. The van der Waals surface area contributed by atoms with Crippen molar-refractivity contribution in [1.82, 2.24) is 15.1 Å². The zero-order valence-electron chi connectivity index (χ0n) is 11.0. The Morgan fingerprint density at radius 2 is 2.18 bits per heavy atom. The molecular weight excluding hydrogens is 232 g/mol. The lowest BCUT2D eigenvalue weighted by atomic mass is 10.2. The van der Waals surface area contributed by atoms with Crippen molar-refractivity contribution in [1.29, 1.82) is 0 Å². The fraction of sp³-hybridized carbons (Fsp3) is 0.750. The van der Waals surface area contributed by atoms with E-state index in [-0.39, 0.29) is 0 Å². The van der Waals surface area contributed by atoms with Gasteiger partial charge >= 0.3 is 0 Å². The quantitative estimate of drug-likeness (QED) is 0.884. The van der Waals surface area contributed by atoms with Gasteiger partial charge in [-0.2, -0.15) is 16.9 Å². The molecule has 0 atom stereocenters. The van der Waals surface area contributed by atoms with Gasteiger partial charge < -0.3 is 10.2 Å². The average Bonchev–Trinajstić information content (AvgIpc) is 2.52. The van der Waals surface area contributed by atoms with Gasteiger partial charge in [0.1, 0.15) is 5.82 Å². The monoisotopic (exact) mass is 254 g/mol. The second kappa shape index (κ2) is 5.78. The summed E-state index contributed by atoms with van der Waals surface area (Å²) in [7, 11) is 4.05. The standard InChI is InChI=1S/C12H22N4S/c1-10-11(9-13-2)12(15(3)14-10)16-5-4-7-17-8-6-16/h13H,4-9H2,1-3H3. The van der Waals surface area contributed by atoms with E-state index in [4.69, 9.17) is 0 Å². The summed E-state index contributed by atoms with van der Waals surface area (Å²) >= 11 is 2.06. The van der Waals surface area contributed by atoms with Crippen LogP contribution in [-0.2, 0) is 13.6 Å². The summed E-state index contributed by atoms with van der Waals surface area (Å²) in [6, 6.07) is 0. The van der Waals surface area contributed by atoms with Crippen LogP contribution < -0.4 is 10.2 Å². The first-order valence-corrected chi connectivity index (χ1v) is 7.39. The number of aromatic nitrogens is 2. The molecule has 4 nitrogen and oxygen atoms in total. The van der Waals surface area contributed by atoms with E-state index in [0.717, 1.165) is 25.3 Å². The van der Waals surface area contributed by atoms with E-state index in [1.807, 2.05) is 11.7 Å². The molecule has 1 N–H and O–H groups in total. The molecule has 1 saturated heterocycles. The van der Waals surface area contributed by atoms with Crippen molar-refractivity contribution in [3.8, 4) is 0 Å². The molecule has 0 radical (unpaired) electrons. The summed E-state index contributed by atoms with van der Waals surface area (Å²) in [6.45, 7) is 5.30. The van der Waals surface area contributed by atoms with Gasteiger partial charge in [-0.25, -0.2) is 0 Å². The summed E-state index contributed by atoms with van der Waals surface area (Å²) < 4.78 is 2.04. The van der Waals surface area contributed by atoms with Crippen LogP contribution in [0, 0.1) is 6.92 Å². The van der Waals surface area contributed by atoms with E-state index in [1.165, 1.54) is 29.3 Å². The third-order valence-corrected chi connectivity index (χ3v) is 4.24. The highest BCUT2D eigenvalue weighted by molar-refractivity contribution is 7.99. The maximum atomic E-state index is 4.56. The molecule has 0 saturated carbocycles. The fourth-order valence-electron chi connectivity index (χ4n) is 2.43. The molecule has 2 heterocycles. The topological polar surface area (TPSA) is 33.1 Å². The van der Waals surface area contributed by atoms with Crippen LogP contribution in [0.15, 0.2) is 0 Å². The lowest BCUT2D eigenvalue weighted by Crippen LogP contribution is -2.29. The van der Waals surface area contributed by atoms with Crippen LogP contribution in [0.3, 0.4) is 0 Å². The second-order valence-electron chi connectivity index (χ2n) is 4.49. The first kappa shape index (κ1) is 12.8. The van der Waals surface area contributed by atoms with Crippen LogP contribution in [0.5, 0.6) is 0 Å². The van der Waals surface area contributed by atoms with Gasteiger partial charge in [-0.1, -0.05) is 0 Å². The Morgan fingerprint density at radius 1 is 1.35 bits per heavy atom. The summed E-state index contributed by atoms with van der Waals surface area (Å²) in [5.41, 5.74) is 2.50. The highest BCUT2D eigenvalue weighted by Crippen LogP contribution is 2.25. The van der Waals surface area contributed by atoms with Gasteiger partial charge in [0.15, 0.2) is 0 Å². The van der Waals surface area contributed by atoms with Gasteiger partial charge in [0.05, 0.1) is 5.69 Å². The number of nitrogens with one attached hydrogen (secondary N) is 1. The molecule has 0 aromatic carbocycles. The third kappa shape index (κ3) is 2.77. The summed E-state index contributed by atoms with van der Waals surface area (Å²) in [5.74, 6) is 3.82. The van der Waals surface area contributed by atoms with Crippen LogP contribution in [0.2, 0.25) is 0 Å². The molecule has 17 heavy (non-hydrogen) atoms. The molecule has 1 aliphatic heterocycles. The molecule has 1 aliphatic rings. The molecule has 0 spiro atoms. The van der Waals surface area contributed by atoms with E-state index in [0.29, 0.717) is 0 Å². The van der Waals surface area contributed by atoms with Crippen molar-refractivity contribution < 1.29 is 0 Å². The van der Waals surface area contributed by atoms with E-state index < -0.39 is 0 Å². The lowest BCUT2D eigenvalue weighted by Gasteiger charge is -2.23. The molecule has 1 aromatic rings. The average molecular weight is 254 g/mol. The van der Waals surface area contributed by atoms with Gasteiger partial charge in [-0.05, 0) is 26.1 Å². The van der Waals surface area contributed by atoms with Crippen LogP contribution in [0.25, 0.3) is 0 Å². The number of thioether (sulfide) groups is 1. The Kier molecular flexibility index (Phi) is 4.34. The Balaban J connectivity index is 2.28. The third-order valence-electron chi connectivity index (χ3n) is 3.19. The van der Waals surface area contributed by atoms with E-state index in [1.54, 1.807) is 0 Å². The van der Waals surface area contributed by atoms with E-state index >= 15 is 0 Å². The summed E-state index contributed by atoms with van der Waals surface area (Å²) in [5, 5.41) is 7.81. The number of nitrogens with zero attached hydrogens (tertiary/aromatic N) is 3. The highest BCUT2D eigenvalue weighted by atomic mass is 32.2. The molecule has 0 aliphatic carbocycles. The van der Waals surface area contributed by atoms with Crippen molar-refractivity contribution in [2.24, 2.45) is 7.05 Å². The normalized spacial score (nSPS) is 17.2. The van der Waals surface area contributed by atoms with Crippen molar-refractivity contribution in [3.05, 3.63) is 11.3 Å². The first-order valence-electron chi connectivity index (χ1n) is 6.23. The van der Waals surface area contributed by atoms with Gasteiger partial charge in [0, 0.05) is 38.0 Å². The SMILES string of the molecule is CNCc1c(C)nn(C)c1N1CCCSCC1. The minimum atomic E-state index is 0.901. The van der Waals surface area contributed by atoms with Gasteiger partial charge in [-0.3, -0.25) is 4.68 Å². The van der Waals surface area contributed by atoms with Crippen LogP contribution >= 0.6 is 11.8 Å². The zero-order chi connectivity index (χ0) is 12.3. The Bertz CT molecular complexity index is 367. The maximum absolute atomic E-state index is 4.56. The Morgan fingerprint density at radius 3 is 2.94 bits per heavy atom. The van der Waals surface area contributed by atoms with Crippen molar-refractivity contribution >= 4 is 17.6 Å². The zero-order valence-corrected chi connectivity index (χ0v) is 11.8. The molecule has 1 aromatic heterocycles.